The fourth-order valence-electron chi connectivity index (χ4n) is 1.17. The standard InChI is InChI=1S/C10H12ClNO2/c1-6-7(4-10(13)14-2)3-8(11)5-9(6)12/h3,5H,4,12H2,1-2H3. The van der Waals surface area contributed by atoms with Gasteiger partial charge in [0.2, 0.25) is 0 Å². The Morgan fingerprint density at radius 1 is 1.57 bits per heavy atom. The molecule has 0 aliphatic rings. The topological polar surface area (TPSA) is 52.3 Å². The average molecular weight is 214 g/mol. The molecule has 0 saturated heterocycles. The lowest BCUT2D eigenvalue weighted by Crippen LogP contribution is -2.07. The van der Waals surface area contributed by atoms with Crippen LogP contribution in [0.2, 0.25) is 5.02 Å². The summed E-state index contributed by atoms with van der Waals surface area (Å²) in [6.07, 6.45) is 0.201. The molecule has 0 spiro atoms. The summed E-state index contributed by atoms with van der Waals surface area (Å²) in [5.74, 6) is -0.297. The van der Waals surface area contributed by atoms with Crippen LogP contribution in [0, 0.1) is 6.92 Å². The Labute approximate surface area is 87.8 Å². The van der Waals surface area contributed by atoms with Gasteiger partial charge in [-0.05, 0) is 30.2 Å². The van der Waals surface area contributed by atoms with Gasteiger partial charge in [-0.25, -0.2) is 0 Å². The van der Waals surface area contributed by atoms with Crippen molar-refractivity contribution in [2.75, 3.05) is 12.8 Å². The smallest absolute Gasteiger partial charge is 0.309 e. The Morgan fingerprint density at radius 2 is 2.21 bits per heavy atom. The van der Waals surface area contributed by atoms with Gasteiger partial charge in [0.1, 0.15) is 0 Å². The monoisotopic (exact) mass is 213 g/mol. The van der Waals surface area contributed by atoms with Gasteiger partial charge in [0, 0.05) is 10.7 Å². The van der Waals surface area contributed by atoms with E-state index in [1.165, 1.54) is 7.11 Å². The number of ether oxygens (including phenoxy) is 1. The van der Waals surface area contributed by atoms with E-state index < -0.39 is 0 Å². The second kappa shape index (κ2) is 4.33. The number of hydrogen-bond acceptors (Lipinski definition) is 3. The first kappa shape index (κ1) is 10.9. The first-order chi connectivity index (χ1) is 6.54. The van der Waals surface area contributed by atoms with Crippen LogP contribution in [-0.2, 0) is 16.0 Å². The number of carbonyl (C=O) groups excluding carboxylic acids is 1. The summed E-state index contributed by atoms with van der Waals surface area (Å²) in [6.45, 7) is 1.85. The molecule has 0 bridgehead atoms. The summed E-state index contributed by atoms with van der Waals surface area (Å²) in [6, 6.07) is 3.39. The molecule has 4 heteroatoms. The first-order valence-corrected chi connectivity index (χ1v) is 4.53. The highest BCUT2D eigenvalue weighted by Crippen LogP contribution is 2.22. The van der Waals surface area contributed by atoms with E-state index in [1.807, 2.05) is 6.92 Å². The van der Waals surface area contributed by atoms with Crippen LogP contribution in [0.5, 0.6) is 0 Å². The number of carbonyl (C=O) groups is 1. The molecule has 1 aromatic carbocycles. The zero-order valence-electron chi connectivity index (χ0n) is 8.13. The molecule has 0 aromatic heterocycles. The molecule has 0 amide bonds. The number of nitrogens with two attached hydrogens (primary N) is 1. The molecule has 0 saturated carbocycles. The largest absolute Gasteiger partial charge is 0.469 e. The van der Waals surface area contributed by atoms with Crippen LogP contribution < -0.4 is 5.73 Å². The van der Waals surface area contributed by atoms with Crippen molar-refractivity contribution in [3.63, 3.8) is 0 Å². The second-order valence-electron chi connectivity index (χ2n) is 3.03. The van der Waals surface area contributed by atoms with E-state index in [-0.39, 0.29) is 12.4 Å². The number of benzene rings is 1. The maximum Gasteiger partial charge on any atom is 0.309 e. The van der Waals surface area contributed by atoms with E-state index >= 15 is 0 Å². The van der Waals surface area contributed by atoms with Crippen molar-refractivity contribution in [3.05, 3.63) is 28.3 Å². The fraction of sp³-hybridized carbons (Fsp3) is 0.300. The van der Waals surface area contributed by atoms with Crippen molar-refractivity contribution in [2.45, 2.75) is 13.3 Å². The lowest BCUT2D eigenvalue weighted by atomic mass is 10.0. The summed E-state index contributed by atoms with van der Waals surface area (Å²) in [5.41, 5.74) is 7.98. The Morgan fingerprint density at radius 3 is 2.79 bits per heavy atom. The summed E-state index contributed by atoms with van der Waals surface area (Å²) in [5, 5.41) is 0.534. The van der Waals surface area contributed by atoms with Crippen LogP contribution in [0.1, 0.15) is 11.1 Å². The Hall–Kier alpha value is -1.22. The van der Waals surface area contributed by atoms with Crippen LogP contribution in [-0.4, -0.2) is 13.1 Å². The number of halogens is 1. The predicted octanol–water partition coefficient (Wildman–Crippen LogP) is 1.95. The molecule has 0 aliphatic carbocycles. The van der Waals surface area contributed by atoms with E-state index in [1.54, 1.807) is 12.1 Å². The number of anilines is 1. The van der Waals surface area contributed by atoms with Gasteiger partial charge < -0.3 is 10.5 Å². The molecule has 0 heterocycles. The number of nitrogen functional groups attached to an aromatic ring is 1. The highest BCUT2D eigenvalue weighted by Gasteiger charge is 2.08. The number of rotatable bonds is 2. The van der Waals surface area contributed by atoms with Crippen molar-refractivity contribution in [1.82, 2.24) is 0 Å². The Kier molecular flexibility index (Phi) is 3.36. The quantitative estimate of drug-likeness (QED) is 0.604. The van der Waals surface area contributed by atoms with Crippen LogP contribution in [0.4, 0.5) is 5.69 Å². The lowest BCUT2D eigenvalue weighted by molar-refractivity contribution is -0.139. The van der Waals surface area contributed by atoms with Crippen LogP contribution in [0.25, 0.3) is 0 Å². The van der Waals surface area contributed by atoms with Gasteiger partial charge in [0.15, 0.2) is 0 Å². The third kappa shape index (κ3) is 2.39. The highest BCUT2D eigenvalue weighted by molar-refractivity contribution is 6.31. The van der Waals surface area contributed by atoms with E-state index in [4.69, 9.17) is 17.3 Å². The number of esters is 1. The molecule has 0 atom stereocenters. The van der Waals surface area contributed by atoms with Crippen molar-refractivity contribution < 1.29 is 9.53 Å². The van der Waals surface area contributed by atoms with Crippen molar-refractivity contribution in [2.24, 2.45) is 0 Å². The molecule has 2 N–H and O–H groups in total. The maximum atomic E-state index is 11.0. The van der Waals surface area contributed by atoms with E-state index in [0.29, 0.717) is 10.7 Å². The molecule has 1 aromatic rings. The molecule has 1 rings (SSSR count). The third-order valence-corrected chi connectivity index (χ3v) is 2.30. The van der Waals surface area contributed by atoms with E-state index in [9.17, 15) is 4.79 Å². The van der Waals surface area contributed by atoms with Crippen LogP contribution in [0.15, 0.2) is 12.1 Å². The summed E-state index contributed by atoms with van der Waals surface area (Å²) >= 11 is 5.82. The van der Waals surface area contributed by atoms with Gasteiger partial charge in [-0.2, -0.15) is 0 Å². The molecule has 0 fully saturated rings. The third-order valence-electron chi connectivity index (χ3n) is 2.08. The molecular weight excluding hydrogens is 202 g/mol. The Bertz CT molecular complexity index is 363. The van der Waals surface area contributed by atoms with Gasteiger partial charge in [-0.1, -0.05) is 11.6 Å². The zero-order valence-corrected chi connectivity index (χ0v) is 8.89. The molecule has 76 valence electrons. The van der Waals surface area contributed by atoms with E-state index in [0.717, 1.165) is 11.1 Å². The summed E-state index contributed by atoms with van der Waals surface area (Å²) in [4.78, 5) is 11.0. The normalized spacial score (nSPS) is 9.93. The SMILES string of the molecule is COC(=O)Cc1cc(Cl)cc(N)c1C. The predicted molar refractivity (Wildman–Crippen MR) is 56.3 cm³/mol. The number of methoxy groups -OCH3 is 1. The second-order valence-corrected chi connectivity index (χ2v) is 3.47. The zero-order chi connectivity index (χ0) is 10.7. The molecule has 0 radical (unpaired) electrons. The van der Waals surface area contributed by atoms with Gasteiger partial charge in [-0.15, -0.1) is 0 Å². The van der Waals surface area contributed by atoms with Gasteiger partial charge in [0.25, 0.3) is 0 Å². The molecule has 3 nitrogen and oxygen atoms in total. The average Bonchev–Trinajstić information content (AvgIpc) is 2.13. The Balaban J connectivity index is 3.02. The minimum absolute atomic E-state index is 0.201. The summed E-state index contributed by atoms with van der Waals surface area (Å²) < 4.78 is 4.57. The van der Waals surface area contributed by atoms with Gasteiger partial charge in [0.05, 0.1) is 13.5 Å². The summed E-state index contributed by atoms with van der Waals surface area (Å²) in [7, 11) is 1.35. The van der Waals surface area contributed by atoms with Crippen LogP contribution in [0.3, 0.4) is 0 Å². The minimum atomic E-state index is -0.297. The number of hydrogen-bond donors (Lipinski definition) is 1. The van der Waals surface area contributed by atoms with Gasteiger partial charge in [-0.3, -0.25) is 4.79 Å². The highest BCUT2D eigenvalue weighted by atomic mass is 35.5. The van der Waals surface area contributed by atoms with Crippen molar-refractivity contribution in [3.8, 4) is 0 Å². The molecule has 14 heavy (non-hydrogen) atoms. The fourth-order valence-corrected chi connectivity index (χ4v) is 1.42. The van der Waals surface area contributed by atoms with Crippen molar-refractivity contribution >= 4 is 23.3 Å². The molecule has 0 unspecified atom stereocenters. The van der Waals surface area contributed by atoms with Crippen molar-refractivity contribution in [1.29, 1.82) is 0 Å². The van der Waals surface area contributed by atoms with E-state index in [2.05, 4.69) is 4.74 Å². The first-order valence-electron chi connectivity index (χ1n) is 4.16. The lowest BCUT2D eigenvalue weighted by Gasteiger charge is -2.08. The molecule has 0 aliphatic heterocycles. The van der Waals surface area contributed by atoms with Crippen LogP contribution >= 0.6 is 11.6 Å². The molecular formula is C10H12ClNO2. The van der Waals surface area contributed by atoms with Gasteiger partial charge >= 0.3 is 5.97 Å². The maximum absolute atomic E-state index is 11.0. The minimum Gasteiger partial charge on any atom is -0.469 e.